The summed E-state index contributed by atoms with van der Waals surface area (Å²) in [6.45, 7) is 2.90. The van der Waals surface area contributed by atoms with Crippen molar-refractivity contribution in [3.8, 4) is 5.75 Å². The van der Waals surface area contributed by atoms with Crippen LogP contribution >= 0.6 is 11.8 Å². The van der Waals surface area contributed by atoms with Crippen molar-refractivity contribution in [2.75, 3.05) is 18.2 Å². The van der Waals surface area contributed by atoms with Gasteiger partial charge in [0.05, 0.1) is 29.1 Å². The number of carbonyl (C=O) groups is 1. The van der Waals surface area contributed by atoms with Crippen molar-refractivity contribution in [1.82, 2.24) is 9.55 Å². The average Bonchev–Trinajstić information content (AvgIpc) is 2.99. The van der Waals surface area contributed by atoms with Crippen LogP contribution in [-0.2, 0) is 17.1 Å². The Bertz CT molecular complexity index is 892. The van der Waals surface area contributed by atoms with Gasteiger partial charge in [-0.2, -0.15) is 11.8 Å². The zero-order chi connectivity index (χ0) is 18.4. The number of nitrogens with zero attached hydrogens (tertiary/aromatic N) is 2. The van der Waals surface area contributed by atoms with Gasteiger partial charge in [-0.1, -0.05) is 31.2 Å². The minimum atomic E-state index is -0.0944. The van der Waals surface area contributed by atoms with Gasteiger partial charge in [0.25, 0.3) is 0 Å². The number of carbonyl (C=O) groups excluding carboxylic acids is 1. The van der Waals surface area contributed by atoms with Gasteiger partial charge in [0.15, 0.2) is 0 Å². The van der Waals surface area contributed by atoms with Crippen molar-refractivity contribution < 1.29 is 9.53 Å². The molecular formula is C20H23N3O2S. The van der Waals surface area contributed by atoms with Crippen LogP contribution in [0, 0.1) is 0 Å². The summed E-state index contributed by atoms with van der Waals surface area (Å²) in [5.74, 6) is 2.27. The van der Waals surface area contributed by atoms with E-state index in [0.717, 1.165) is 29.0 Å². The Balaban J connectivity index is 1.81. The van der Waals surface area contributed by atoms with E-state index in [2.05, 4.69) is 17.2 Å². The van der Waals surface area contributed by atoms with E-state index >= 15 is 0 Å². The van der Waals surface area contributed by atoms with Gasteiger partial charge in [-0.3, -0.25) is 4.79 Å². The summed E-state index contributed by atoms with van der Waals surface area (Å²) < 4.78 is 7.70. The highest BCUT2D eigenvalue weighted by Crippen LogP contribution is 2.24. The topological polar surface area (TPSA) is 56.1 Å². The molecule has 5 nitrogen and oxygen atoms in total. The van der Waals surface area contributed by atoms with Crippen molar-refractivity contribution >= 4 is 34.4 Å². The number of hydrogen-bond acceptors (Lipinski definition) is 4. The van der Waals surface area contributed by atoms with Crippen molar-refractivity contribution in [2.24, 2.45) is 0 Å². The smallest absolute Gasteiger partial charge is 0.244 e. The minimum Gasteiger partial charge on any atom is -0.491 e. The maximum Gasteiger partial charge on any atom is 0.244 e. The zero-order valence-corrected chi connectivity index (χ0v) is 15.9. The third kappa shape index (κ3) is 4.19. The van der Waals surface area contributed by atoms with Crippen LogP contribution in [0.3, 0.4) is 0 Å². The largest absolute Gasteiger partial charge is 0.491 e. The number of nitrogens with one attached hydrogen (secondary N) is 1. The zero-order valence-electron chi connectivity index (χ0n) is 15.1. The molecule has 0 bridgehead atoms. The number of thioether (sulfide) groups is 1. The second-order valence-corrected chi connectivity index (χ2v) is 6.79. The molecule has 136 valence electrons. The summed E-state index contributed by atoms with van der Waals surface area (Å²) in [4.78, 5) is 17.3. The number of imidazole rings is 1. The number of aromatic nitrogens is 2. The number of amides is 1. The maximum atomic E-state index is 12.7. The molecule has 0 aliphatic rings. The predicted octanol–water partition coefficient (Wildman–Crippen LogP) is 4.33. The first kappa shape index (κ1) is 18.3. The van der Waals surface area contributed by atoms with Crippen LogP contribution in [0.5, 0.6) is 5.75 Å². The third-order valence-electron chi connectivity index (χ3n) is 3.93. The number of rotatable bonds is 8. The SMILES string of the molecule is CCCOc1ccccc1NC(=O)Cn1c(CSC)nc2ccccc21. The molecule has 0 saturated carbocycles. The van der Waals surface area contributed by atoms with Crippen molar-refractivity contribution in [2.45, 2.75) is 25.6 Å². The molecule has 0 spiro atoms. The van der Waals surface area contributed by atoms with Gasteiger partial charge in [-0.15, -0.1) is 0 Å². The molecule has 0 atom stereocenters. The standard InChI is InChI=1S/C20H23N3O2S/c1-3-12-25-18-11-7-5-9-16(18)22-20(24)13-23-17-10-6-4-8-15(17)21-19(23)14-26-2/h4-11H,3,12-14H2,1-2H3,(H,22,24). The fraction of sp³-hybridized carbons (Fsp3) is 0.300. The van der Waals surface area contributed by atoms with Crippen LogP contribution in [0.15, 0.2) is 48.5 Å². The number of fused-ring (bicyclic) bond motifs is 1. The van der Waals surface area contributed by atoms with Crippen LogP contribution in [0.2, 0.25) is 0 Å². The van der Waals surface area contributed by atoms with Gasteiger partial charge < -0.3 is 14.6 Å². The van der Waals surface area contributed by atoms with Crippen LogP contribution in [-0.4, -0.2) is 28.3 Å². The van der Waals surface area contributed by atoms with Crippen LogP contribution < -0.4 is 10.1 Å². The van der Waals surface area contributed by atoms with Crippen LogP contribution in [0.4, 0.5) is 5.69 Å². The number of hydrogen-bond donors (Lipinski definition) is 1. The predicted molar refractivity (Wildman–Crippen MR) is 108 cm³/mol. The molecule has 0 radical (unpaired) electrons. The van der Waals surface area contributed by atoms with E-state index in [-0.39, 0.29) is 12.5 Å². The lowest BCUT2D eigenvalue weighted by molar-refractivity contribution is -0.116. The Hall–Kier alpha value is -2.47. The molecule has 1 heterocycles. The van der Waals surface area contributed by atoms with Crippen LogP contribution in [0.1, 0.15) is 19.2 Å². The Kier molecular flexibility index (Phi) is 6.17. The fourth-order valence-electron chi connectivity index (χ4n) is 2.78. The van der Waals surface area contributed by atoms with E-state index < -0.39 is 0 Å². The monoisotopic (exact) mass is 369 g/mol. The third-order valence-corrected chi connectivity index (χ3v) is 4.48. The van der Waals surface area contributed by atoms with E-state index in [1.807, 2.05) is 59.4 Å². The highest BCUT2D eigenvalue weighted by Gasteiger charge is 2.14. The maximum absolute atomic E-state index is 12.7. The second-order valence-electron chi connectivity index (χ2n) is 5.93. The summed E-state index contributed by atoms with van der Waals surface area (Å²) in [5, 5.41) is 2.97. The lowest BCUT2D eigenvalue weighted by Crippen LogP contribution is -2.20. The highest BCUT2D eigenvalue weighted by atomic mass is 32.2. The molecule has 2 aromatic carbocycles. The first-order valence-corrected chi connectivity index (χ1v) is 10.1. The van der Waals surface area contributed by atoms with E-state index in [4.69, 9.17) is 4.74 Å². The van der Waals surface area contributed by atoms with E-state index in [9.17, 15) is 4.79 Å². The lowest BCUT2D eigenvalue weighted by Gasteiger charge is -2.13. The normalized spacial score (nSPS) is 10.8. The molecule has 0 saturated heterocycles. The van der Waals surface area contributed by atoms with Gasteiger partial charge in [-0.05, 0) is 36.9 Å². The van der Waals surface area contributed by atoms with Gasteiger partial charge in [0.1, 0.15) is 18.1 Å². The second kappa shape index (κ2) is 8.76. The minimum absolute atomic E-state index is 0.0944. The number of anilines is 1. The van der Waals surface area contributed by atoms with E-state index in [0.29, 0.717) is 18.0 Å². The van der Waals surface area contributed by atoms with Gasteiger partial charge in [0.2, 0.25) is 5.91 Å². The van der Waals surface area contributed by atoms with Crippen LogP contribution in [0.25, 0.3) is 11.0 Å². The van der Waals surface area contributed by atoms with Crippen molar-refractivity contribution in [3.05, 3.63) is 54.4 Å². The molecule has 3 aromatic rings. The number of benzene rings is 2. The number of para-hydroxylation sites is 4. The van der Waals surface area contributed by atoms with Gasteiger partial charge >= 0.3 is 0 Å². The van der Waals surface area contributed by atoms with Gasteiger partial charge in [-0.25, -0.2) is 4.98 Å². The molecule has 1 aromatic heterocycles. The molecule has 0 aliphatic heterocycles. The van der Waals surface area contributed by atoms with Gasteiger partial charge in [0, 0.05) is 0 Å². The molecule has 26 heavy (non-hydrogen) atoms. The molecule has 1 N–H and O–H groups in total. The van der Waals surface area contributed by atoms with E-state index in [1.165, 1.54) is 0 Å². The highest BCUT2D eigenvalue weighted by molar-refractivity contribution is 7.97. The first-order chi connectivity index (χ1) is 12.7. The quantitative estimate of drug-likeness (QED) is 0.642. The Labute approximate surface area is 157 Å². The van der Waals surface area contributed by atoms with E-state index in [1.54, 1.807) is 11.8 Å². The lowest BCUT2D eigenvalue weighted by atomic mass is 10.3. The van der Waals surface area contributed by atoms with Crippen molar-refractivity contribution in [3.63, 3.8) is 0 Å². The first-order valence-electron chi connectivity index (χ1n) is 8.67. The Morgan fingerprint density at radius 1 is 1.19 bits per heavy atom. The molecular weight excluding hydrogens is 346 g/mol. The molecule has 3 rings (SSSR count). The summed E-state index contributed by atoms with van der Waals surface area (Å²) in [6, 6.07) is 15.4. The fourth-order valence-corrected chi connectivity index (χ4v) is 3.26. The Morgan fingerprint density at radius 3 is 2.77 bits per heavy atom. The molecule has 0 unspecified atom stereocenters. The summed E-state index contributed by atoms with van der Waals surface area (Å²) in [5.41, 5.74) is 2.58. The Morgan fingerprint density at radius 2 is 1.96 bits per heavy atom. The molecule has 1 amide bonds. The summed E-state index contributed by atoms with van der Waals surface area (Å²) >= 11 is 1.69. The molecule has 0 fully saturated rings. The molecule has 6 heteroatoms. The summed E-state index contributed by atoms with van der Waals surface area (Å²) in [7, 11) is 0. The summed E-state index contributed by atoms with van der Waals surface area (Å²) in [6.07, 6.45) is 2.95. The number of ether oxygens (including phenoxy) is 1. The van der Waals surface area contributed by atoms with Crippen molar-refractivity contribution in [1.29, 1.82) is 0 Å². The average molecular weight is 369 g/mol. The molecule has 0 aliphatic carbocycles.